The van der Waals surface area contributed by atoms with Crippen molar-refractivity contribution in [3.63, 3.8) is 0 Å². The Hall–Kier alpha value is -1.29. The Kier molecular flexibility index (Phi) is 5.92. The van der Waals surface area contributed by atoms with Crippen molar-refractivity contribution in [3.8, 4) is 5.75 Å². The van der Waals surface area contributed by atoms with E-state index in [-0.39, 0.29) is 0 Å². The lowest BCUT2D eigenvalue weighted by Gasteiger charge is -2.25. The van der Waals surface area contributed by atoms with Crippen LogP contribution in [-0.2, 0) is 0 Å². The van der Waals surface area contributed by atoms with Crippen molar-refractivity contribution in [1.29, 1.82) is 0 Å². The third-order valence-electron chi connectivity index (χ3n) is 2.97. The van der Waals surface area contributed by atoms with Crippen LogP contribution >= 0.6 is 12.2 Å². The molecule has 4 heteroatoms. The van der Waals surface area contributed by atoms with Crippen LogP contribution in [0.25, 0.3) is 0 Å². The highest BCUT2D eigenvalue weighted by Crippen LogP contribution is 2.26. The van der Waals surface area contributed by atoms with Crippen molar-refractivity contribution in [2.45, 2.75) is 26.7 Å². The van der Waals surface area contributed by atoms with Gasteiger partial charge in [0.15, 0.2) is 0 Å². The first kappa shape index (κ1) is 14.8. The number of anilines is 1. The van der Waals surface area contributed by atoms with Gasteiger partial charge in [0, 0.05) is 24.7 Å². The van der Waals surface area contributed by atoms with Gasteiger partial charge in [-0.05, 0) is 25.5 Å². The highest BCUT2D eigenvalue weighted by Gasteiger charge is 2.12. The number of methoxy groups -OCH3 is 1. The highest BCUT2D eigenvalue weighted by atomic mass is 32.1. The first-order valence-electron chi connectivity index (χ1n) is 6.36. The molecule has 2 N–H and O–H groups in total. The second-order valence-electron chi connectivity index (χ2n) is 4.18. The minimum Gasteiger partial charge on any atom is -0.497 e. The zero-order valence-corrected chi connectivity index (χ0v) is 12.2. The Morgan fingerprint density at radius 1 is 1.39 bits per heavy atom. The van der Waals surface area contributed by atoms with Crippen molar-refractivity contribution >= 4 is 22.9 Å². The Balaban J connectivity index is 3.11. The summed E-state index contributed by atoms with van der Waals surface area (Å²) in [6.07, 6.45) is 2.32. The molecule has 0 radical (unpaired) electrons. The van der Waals surface area contributed by atoms with Gasteiger partial charge in [-0.15, -0.1) is 0 Å². The maximum Gasteiger partial charge on any atom is 0.120 e. The number of benzene rings is 1. The predicted molar refractivity (Wildman–Crippen MR) is 81.7 cm³/mol. The molecule has 0 unspecified atom stereocenters. The number of hydrogen-bond donors (Lipinski definition) is 1. The van der Waals surface area contributed by atoms with Gasteiger partial charge >= 0.3 is 0 Å². The van der Waals surface area contributed by atoms with Crippen LogP contribution in [0.1, 0.15) is 32.3 Å². The zero-order valence-electron chi connectivity index (χ0n) is 11.4. The van der Waals surface area contributed by atoms with E-state index >= 15 is 0 Å². The van der Waals surface area contributed by atoms with E-state index in [1.807, 2.05) is 18.2 Å². The second-order valence-corrected chi connectivity index (χ2v) is 4.62. The molecule has 0 aliphatic carbocycles. The summed E-state index contributed by atoms with van der Waals surface area (Å²) in [6, 6.07) is 5.84. The van der Waals surface area contributed by atoms with Gasteiger partial charge in [-0.3, -0.25) is 0 Å². The van der Waals surface area contributed by atoms with E-state index in [0.29, 0.717) is 4.99 Å². The fourth-order valence-electron chi connectivity index (χ4n) is 1.91. The molecule has 0 heterocycles. The van der Waals surface area contributed by atoms with Crippen molar-refractivity contribution in [2.75, 3.05) is 25.1 Å². The normalized spacial score (nSPS) is 10.2. The lowest BCUT2D eigenvalue weighted by Crippen LogP contribution is -2.27. The van der Waals surface area contributed by atoms with E-state index < -0.39 is 0 Å². The number of nitrogens with zero attached hydrogens (tertiary/aromatic N) is 1. The van der Waals surface area contributed by atoms with Crippen LogP contribution in [0.2, 0.25) is 0 Å². The lowest BCUT2D eigenvalue weighted by molar-refractivity contribution is 0.414. The van der Waals surface area contributed by atoms with E-state index in [2.05, 4.69) is 18.7 Å². The lowest BCUT2D eigenvalue weighted by atomic mass is 10.1. The summed E-state index contributed by atoms with van der Waals surface area (Å²) in [5.41, 5.74) is 7.78. The quantitative estimate of drug-likeness (QED) is 0.770. The summed E-state index contributed by atoms with van der Waals surface area (Å²) in [4.78, 5) is 2.73. The van der Waals surface area contributed by atoms with Crippen LogP contribution in [0.5, 0.6) is 5.75 Å². The van der Waals surface area contributed by atoms with Crippen LogP contribution in [0, 0.1) is 0 Å². The van der Waals surface area contributed by atoms with Crippen LogP contribution in [0.3, 0.4) is 0 Å². The molecule has 0 bridgehead atoms. The third kappa shape index (κ3) is 3.60. The summed E-state index contributed by atoms with van der Waals surface area (Å²) >= 11 is 5.12. The SMILES string of the molecule is CCCCN(CC)c1cc(OC)ccc1C(N)=S. The summed E-state index contributed by atoms with van der Waals surface area (Å²) < 4.78 is 5.28. The molecular formula is C14H22N2OS. The molecule has 1 aromatic carbocycles. The maximum absolute atomic E-state index is 5.79. The van der Waals surface area contributed by atoms with Crippen molar-refractivity contribution in [3.05, 3.63) is 23.8 Å². The van der Waals surface area contributed by atoms with Crippen LogP contribution in [-0.4, -0.2) is 25.2 Å². The van der Waals surface area contributed by atoms with E-state index in [0.717, 1.165) is 36.5 Å². The second kappa shape index (κ2) is 7.21. The average molecular weight is 266 g/mol. The van der Waals surface area contributed by atoms with Crippen molar-refractivity contribution in [2.24, 2.45) is 5.73 Å². The van der Waals surface area contributed by atoms with E-state index in [9.17, 15) is 0 Å². The monoisotopic (exact) mass is 266 g/mol. The average Bonchev–Trinajstić information content (AvgIpc) is 2.39. The molecular weight excluding hydrogens is 244 g/mol. The molecule has 1 rings (SSSR count). The van der Waals surface area contributed by atoms with Crippen molar-refractivity contribution < 1.29 is 4.74 Å². The van der Waals surface area contributed by atoms with Gasteiger partial charge < -0.3 is 15.4 Å². The van der Waals surface area contributed by atoms with Gasteiger partial charge in [0.1, 0.15) is 10.7 Å². The Bertz CT molecular complexity index is 407. The molecule has 18 heavy (non-hydrogen) atoms. The Morgan fingerprint density at radius 2 is 2.11 bits per heavy atom. The first-order valence-corrected chi connectivity index (χ1v) is 6.77. The van der Waals surface area contributed by atoms with Gasteiger partial charge in [-0.1, -0.05) is 25.6 Å². The van der Waals surface area contributed by atoms with Gasteiger partial charge in [0.2, 0.25) is 0 Å². The summed E-state index contributed by atoms with van der Waals surface area (Å²) in [7, 11) is 1.67. The molecule has 0 fully saturated rings. The molecule has 0 atom stereocenters. The number of hydrogen-bond acceptors (Lipinski definition) is 3. The highest BCUT2D eigenvalue weighted by molar-refractivity contribution is 7.80. The molecule has 0 saturated heterocycles. The Labute approximate surface area is 115 Å². The third-order valence-corrected chi connectivity index (χ3v) is 3.19. The smallest absolute Gasteiger partial charge is 0.120 e. The van der Waals surface area contributed by atoms with Crippen LogP contribution in [0.15, 0.2) is 18.2 Å². The van der Waals surface area contributed by atoms with E-state index in [4.69, 9.17) is 22.7 Å². The fraction of sp³-hybridized carbons (Fsp3) is 0.500. The molecule has 1 aromatic rings. The number of nitrogens with two attached hydrogens (primary N) is 1. The standard InChI is InChI=1S/C14H22N2OS/c1-4-6-9-16(5-2)13-10-11(17-3)7-8-12(13)14(15)18/h7-8,10H,4-6,9H2,1-3H3,(H2,15,18). The van der Waals surface area contributed by atoms with E-state index in [1.54, 1.807) is 7.11 Å². The fourth-order valence-corrected chi connectivity index (χ4v) is 2.08. The molecule has 100 valence electrons. The molecule has 0 aromatic heterocycles. The Morgan fingerprint density at radius 3 is 2.61 bits per heavy atom. The minimum atomic E-state index is 0.433. The van der Waals surface area contributed by atoms with Crippen molar-refractivity contribution in [1.82, 2.24) is 0 Å². The van der Waals surface area contributed by atoms with E-state index in [1.165, 1.54) is 6.42 Å². The largest absolute Gasteiger partial charge is 0.497 e. The molecule has 0 amide bonds. The maximum atomic E-state index is 5.79. The first-order chi connectivity index (χ1) is 8.63. The molecule has 0 saturated carbocycles. The molecule has 0 spiro atoms. The topological polar surface area (TPSA) is 38.5 Å². The van der Waals surface area contributed by atoms with Crippen LogP contribution in [0.4, 0.5) is 5.69 Å². The summed E-state index contributed by atoms with van der Waals surface area (Å²) in [6.45, 7) is 6.27. The number of rotatable bonds is 7. The summed E-state index contributed by atoms with van der Waals surface area (Å²) in [5, 5.41) is 0. The molecule has 3 nitrogen and oxygen atoms in total. The zero-order chi connectivity index (χ0) is 13.5. The molecule has 0 aliphatic rings. The minimum absolute atomic E-state index is 0.433. The predicted octanol–water partition coefficient (Wildman–Crippen LogP) is 2.96. The van der Waals surface area contributed by atoms with Gasteiger partial charge in [0.25, 0.3) is 0 Å². The number of thiocarbonyl (C=S) groups is 1. The van der Waals surface area contributed by atoms with Gasteiger partial charge in [0.05, 0.1) is 12.8 Å². The number of ether oxygens (including phenoxy) is 1. The van der Waals surface area contributed by atoms with Gasteiger partial charge in [-0.25, -0.2) is 0 Å². The van der Waals surface area contributed by atoms with Crippen LogP contribution < -0.4 is 15.4 Å². The molecule has 0 aliphatic heterocycles. The van der Waals surface area contributed by atoms with Gasteiger partial charge in [-0.2, -0.15) is 0 Å². The number of unbranched alkanes of at least 4 members (excludes halogenated alkanes) is 1. The summed E-state index contributed by atoms with van der Waals surface area (Å²) in [5.74, 6) is 0.833.